The number of nitrogens with zero attached hydrogens (tertiary/aromatic N) is 1. The van der Waals surface area contributed by atoms with Crippen LogP contribution in [0.15, 0.2) is 31.1 Å². The van der Waals surface area contributed by atoms with E-state index in [4.69, 9.17) is 0 Å². The number of carbonyl (C=O) groups is 1. The van der Waals surface area contributed by atoms with Crippen molar-refractivity contribution in [3.63, 3.8) is 0 Å². The number of rotatable bonds is 6. The molecule has 0 aromatic carbocycles. The molecule has 126 valence electrons. The van der Waals surface area contributed by atoms with Crippen LogP contribution >= 0.6 is 0 Å². The van der Waals surface area contributed by atoms with Crippen LogP contribution in [0.25, 0.3) is 0 Å². The van der Waals surface area contributed by atoms with Crippen LogP contribution in [0.3, 0.4) is 0 Å². The molecule has 0 bridgehead atoms. The van der Waals surface area contributed by atoms with Crippen molar-refractivity contribution in [1.29, 1.82) is 0 Å². The number of alkyl halides is 1. The van der Waals surface area contributed by atoms with E-state index in [9.17, 15) is 9.18 Å². The second-order valence-corrected chi connectivity index (χ2v) is 4.43. The molecule has 1 atom stereocenters. The molecule has 0 fully saturated rings. The van der Waals surface area contributed by atoms with Gasteiger partial charge in [-0.3, -0.25) is 14.3 Å². The highest BCUT2D eigenvalue weighted by Crippen LogP contribution is 2.14. The van der Waals surface area contributed by atoms with Crippen LogP contribution in [0, 0.1) is 0 Å². The van der Waals surface area contributed by atoms with Gasteiger partial charge in [0.25, 0.3) is 5.91 Å². The van der Waals surface area contributed by atoms with Gasteiger partial charge in [0, 0.05) is 11.7 Å². The lowest BCUT2D eigenvalue weighted by Crippen LogP contribution is -2.24. The first-order valence-electron chi connectivity index (χ1n) is 7.23. The molecule has 1 amide bonds. The van der Waals surface area contributed by atoms with E-state index >= 15 is 0 Å². The minimum Gasteiger partial charge on any atom is -0.379 e. The molecular formula is C16H29FN4O. The first-order chi connectivity index (χ1) is 10.5. The lowest BCUT2D eigenvalue weighted by atomic mass is 10.2. The maximum Gasteiger partial charge on any atom is 0.275 e. The third-order valence-electron chi connectivity index (χ3n) is 2.60. The molecule has 1 heterocycles. The minimum atomic E-state index is -0.208. The lowest BCUT2D eigenvalue weighted by molar-refractivity contribution is 0.0961. The van der Waals surface area contributed by atoms with Gasteiger partial charge < -0.3 is 10.6 Å². The number of halogens is 1. The van der Waals surface area contributed by atoms with Gasteiger partial charge in [0.1, 0.15) is 5.69 Å². The summed E-state index contributed by atoms with van der Waals surface area (Å²) in [6.45, 7) is 15.1. The minimum absolute atomic E-state index is 0.208. The van der Waals surface area contributed by atoms with Gasteiger partial charge in [-0.25, -0.2) is 0 Å². The number of H-pyrrole nitrogens is 1. The molecule has 3 N–H and O–H groups in total. The summed E-state index contributed by atoms with van der Waals surface area (Å²) in [6, 6.07) is 0.300. The molecule has 0 spiro atoms. The van der Waals surface area contributed by atoms with Crippen molar-refractivity contribution in [3.05, 3.63) is 36.8 Å². The van der Waals surface area contributed by atoms with Crippen LogP contribution in [-0.4, -0.2) is 29.3 Å². The van der Waals surface area contributed by atoms with Crippen molar-refractivity contribution >= 4 is 11.6 Å². The summed E-state index contributed by atoms with van der Waals surface area (Å²) in [4.78, 5) is 11.9. The Morgan fingerprint density at radius 1 is 1.50 bits per heavy atom. The molecule has 0 radical (unpaired) electrons. The number of carbonyl (C=O) groups excluding carboxylic acids is 1. The Labute approximate surface area is 133 Å². The predicted molar refractivity (Wildman–Crippen MR) is 91.8 cm³/mol. The predicted octanol–water partition coefficient (Wildman–Crippen LogP) is 4.05. The molecule has 6 heteroatoms. The van der Waals surface area contributed by atoms with Gasteiger partial charge in [-0.1, -0.05) is 26.5 Å². The van der Waals surface area contributed by atoms with Crippen molar-refractivity contribution in [2.75, 3.05) is 12.5 Å². The maximum atomic E-state index is 11.9. The summed E-state index contributed by atoms with van der Waals surface area (Å²) < 4.78 is 9.50. The number of aromatic nitrogens is 2. The van der Waals surface area contributed by atoms with Gasteiger partial charge in [0.2, 0.25) is 0 Å². The number of hydrogen-bond donors (Lipinski definition) is 3. The number of nitrogens with one attached hydrogen (secondary N) is 3. The first-order valence-corrected chi connectivity index (χ1v) is 7.23. The van der Waals surface area contributed by atoms with Crippen LogP contribution in [0.2, 0.25) is 0 Å². The maximum absolute atomic E-state index is 11.9. The van der Waals surface area contributed by atoms with Crippen molar-refractivity contribution < 1.29 is 9.18 Å². The summed E-state index contributed by atoms with van der Waals surface area (Å²) in [5.74, 6) is -0.208. The zero-order valence-electron chi connectivity index (χ0n) is 14.3. The van der Waals surface area contributed by atoms with E-state index < -0.39 is 0 Å². The number of allylic oxidation sites excluding steroid dienone is 2. The van der Waals surface area contributed by atoms with E-state index in [1.54, 1.807) is 12.3 Å². The lowest BCUT2D eigenvalue weighted by Gasteiger charge is -2.12. The highest BCUT2D eigenvalue weighted by atomic mass is 19.1. The van der Waals surface area contributed by atoms with E-state index in [0.29, 0.717) is 31.0 Å². The summed E-state index contributed by atoms with van der Waals surface area (Å²) in [7, 11) is 0.500. The van der Waals surface area contributed by atoms with E-state index in [0.717, 1.165) is 12.1 Å². The topological polar surface area (TPSA) is 69.8 Å². The molecule has 1 aromatic heterocycles. The van der Waals surface area contributed by atoms with Crippen LogP contribution in [0.1, 0.15) is 51.0 Å². The second kappa shape index (κ2) is 13.9. The highest BCUT2D eigenvalue weighted by molar-refractivity contribution is 5.98. The molecule has 0 aliphatic rings. The Morgan fingerprint density at radius 3 is 2.50 bits per heavy atom. The third kappa shape index (κ3) is 8.94. The first kappa shape index (κ1) is 22.2. The van der Waals surface area contributed by atoms with Crippen molar-refractivity contribution in [1.82, 2.24) is 15.5 Å². The van der Waals surface area contributed by atoms with Gasteiger partial charge in [-0.15, -0.1) is 6.58 Å². The van der Waals surface area contributed by atoms with E-state index in [-0.39, 0.29) is 5.91 Å². The largest absolute Gasteiger partial charge is 0.379 e. The zero-order chi connectivity index (χ0) is 17.5. The molecule has 0 saturated heterocycles. The van der Waals surface area contributed by atoms with E-state index in [1.807, 2.05) is 13.8 Å². The molecule has 22 heavy (non-hydrogen) atoms. The fourth-order valence-corrected chi connectivity index (χ4v) is 1.25. The highest BCUT2D eigenvalue weighted by Gasteiger charge is 2.15. The molecule has 0 saturated carbocycles. The van der Waals surface area contributed by atoms with E-state index in [1.165, 1.54) is 0 Å². The van der Waals surface area contributed by atoms with Gasteiger partial charge in [-0.05, 0) is 26.7 Å². The normalized spacial score (nSPS) is 10.1. The van der Waals surface area contributed by atoms with Crippen LogP contribution < -0.4 is 10.6 Å². The average molecular weight is 312 g/mol. The fraction of sp³-hybridized carbons (Fsp3) is 0.500. The SMILES string of the molecule is C=C(CC)NC(=O)c1[nH]ncc1NC(C)CC.C=CC.CF. The number of hydrogen-bond acceptors (Lipinski definition) is 3. The standard InChI is InChI=1S/C12H20N4O.C3H6.CH3F/c1-5-8(3)14-10-7-13-16-11(10)12(17)15-9(4)6-2;1-3-2;1-2/h7-8,14H,4-6H2,1-3H3,(H,13,16)(H,15,17);3H,1H2,2H3;1H3. The Kier molecular flexibility index (Phi) is 14.0. The van der Waals surface area contributed by atoms with Crippen LogP contribution in [0.5, 0.6) is 0 Å². The molecule has 1 unspecified atom stereocenters. The van der Waals surface area contributed by atoms with Gasteiger partial charge >= 0.3 is 0 Å². The number of anilines is 1. The smallest absolute Gasteiger partial charge is 0.275 e. The number of aromatic amines is 1. The van der Waals surface area contributed by atoms with Gasteiger partial charge in [0.05, 0.1) is 19.1 Å². The fourth-order valence-electron chi connectivity index (χ4n) is 1.25. The van der Waals surface area contributed by atoms with Crippen molar-refractivity contribution in [2.45, 2.75) is 46.6 Å². The van der Waals surface area contributed by atoms with Crippen LogP contribution in [-0.2, 0) is 0 Å². The summed E-state index contributed by atoms with van der Waals surface area (Å²) in [5, 5.41) is 12.5. The average Bonchev–Trinajstić information content (AvgIpc) is 2.98. The van der Waals surface area contributed by atoms with E-state index in [2.05, 4.69) is 47.8 Å². The quantitative estimate of drug-likeness (QED) is 0.694. The Balaban J connectivity index is 0. The van der Waals surface area contributed by atoms with Crippen molar-refractivity contribution in [2.24, 2.45) is 0 Å². The van der Waals surface area contributed by atoms with Crippen LogP contribution in [0.4, 0.5) is 10.1 Å². The molecular weight excluding hydrogens is 283 g/mol. The molecule has 1 rings (SSSR count). The Hall–Kier alpha value is -2.11. The van der Waals surface area contributed by atoms with Crippen molar-refractivity contribution in [3.8, 4) is 0 Å². The molecule has 1 aromatic rings. The second-order valence-electron chi connectivity index (χ2n) is 4.43. The summed E-state index contributed by atoms with van der Waals surface area (Å²) in [6.07, 6.45) is 5.07. The molecule has 0 aliphatic heterocycles. The summed E-state index contributed by atoms with van der Waals surface area (Å²) in [5.41, 5.74) is 1.86. The summed E-state index contributed by atoms with van der Waals surface area (Å²) >= 11 is 0. The Morgan fingerprint density at radius 2 is 2.05 bits per heavy atom. The van der Waals surface area contributed by atoms with Gasteiger partial charge in [0.15, 0.2) is 0 Å². The van der Waals surface area contributed by atoms with Gasteiger partial charge in [-0.2, -0.15) is 5.10 Å². The number of amides is 1. The molecule has 5 nitrogen and oxygen atoms in total. The monoisotopic (exact) mass is 312 g/mol. The molecule has 0 aliphatic carbocycles. The Bertz CT molecular complexity index is 443. The third-order valence-corrected chi connectivity index (χ3v) is 2.60. The zero-order valence-corrected chi connectivity index (χ0v) is 14.3.